The zero-order valence-corrected chi connectivity index (χ0v) is 26.3. The molecule has 3 aromatic rings. The third kappa shape index (κ3) is 9.10. The van der Waals surface area contributed by atoms with Crippen LogP contribution >= 0.6 is 34.8 Å². The quantitative estimate of drug-likeness (QED) is 0.223. The van der Waals surface area contributed by atoms with Crippen LogP contribution in [0.25, 0.3) is 0 Å². The molecule has 0 heterocycles. The molecule has 3 aromatic carbocycles. The highest BCUT2D eigenvalue weighted by molar-refractivity contribution is 7.92. The Bertz CT molecular complexity index is 1450. The number of benzene rings is 3. The lowest BCUT2D eigenvalue weighted by molar-refractivity contribution is -0.140. The normalized spacial score (nSPS) is 12.0. The predicted molar refractivity (Wildman–Crippen MR) is 167 cm³/mol. The lowest BCUT2D eigenvalue weighted by Gasteiger charge is -2.34. The van der Waals surface area contributed by atoms with Crippen LogP contribution < -0.4 is 9.62 Å². The Morgan fingerprint density at radius 2 is 1.61 bits per heavy atom. The Labute approximate surface area is 257 Å². The fourth-order valence-electron chi connectivity index (χ4n) is 4.36. The molecule has 11 heteroatoms. The van der Waals surface area contributed by atoms with Gasteiger partial charge in [-0.1, -0.05) is 90.6 Å². The van der Waals surface area contributed by atoms with Crippen LogP contribution in [0.1, 0.15) is 36.5 Å². The molecule has 1 atom stereocenters. The second kappa shape index (κ2) is 14.9. The Morgan fingerprint density at radius 3 is 2.22 bits per heavy atom. The smallest absolute Gasteiger partial charge is 0.244 e. The molecule has 41 heavy (non-hydrogen) atoms. The molecule has 0 radical (unpaired) electrons. The summed E-state index contributed by atoms with van der Waals surface area (Å²) in [6, 6.07) is 18.1. The highest BCUT2D eigenvalue weighted by Crippen LogP contribution is 2.29. The first kappa shape index (κ1) is 32.7. The summed E-state index contributed by atoms with van der Waals surface area (Å²) in [5.41, 5.74) is 2.17. The predicted octanol–water partition coefficient (Wildman–Crippen LogP) is 6.28. The molecule has 0 spiro atoms. The van der Waals surface area contributed by atoms with Crippen LogP contribution in [0, 0.1) is 6.92 Å². The fraction of sp³-hybridized carbons (Fsp3) is 0.333. The first-order valence-electron chi connectivity index (χ1n) is 13.2. The van der Waals surface area contributed by atoms with Gasteiger partial charge in [0.25, 0.3) is 0 Å². The number of hydrogen-bond acceptors (Lipinski definition) is 4. The second-order valence-corrected chi connectivity index (χ2v) is 12.9. The highest BCUT2D eigenvalue weighted by Gasteiger charge is 2.34. The van der Waals surface area contributed by atoms with E-state index in [-0.39, 0.29) is 24.6 Å². The van der Waals surface area contributed by atoms with Crippen molar-refractivity contribution in [2.45, 2.75) is 45.7 Å². The maximum atomic E-state index is 14.2. The first-order chi connectivity index (χ1) is 19.4. The van der Waals surface area contributed by atoms with Crippen LogP contribution in [-0.4, -0.2) is 50.5 Å². The third-order valence-electron chi connectivity index (χ3n) is 6.61. The largest absolute Gasteiger partial charge is 0.354 e. The van der Waals surface area contributed by atoms with Crippen LogP contribution in [0.2, 0.25) is 15.1 Å². The van der Waals surface area contributed by atoms with Gasteiger partial charge in [0.1, 0.15) is 12.6 Å². The number of unbranched alkanes of at least 4 members (excludes halogenated alkanes) is 1. The Hall–Kier alpha value is -2.78. The molecule has 3 rings (SSSR count). The maximum Gasteiger partial charge on any atom is 0.244 e. The van der Waals surface area contributed by atoms with Crippen LogP contribution in [-0.2, 0) is 32.6 Å². The molecule has 0 saturated heterocycles. The van der Waals surface area contributed by atoms with Crippen molar-refractivity contribution in [2.75, 3.05) is 23.7 Å². The molecule has 0 unspecified atom stereocenters. The molecule has 220 valence electrons. The SMILES string of the molecule is CCCCNC(=O)[C@H](Cc1ccccc1)N(Cc1c(Cl)cccc1Cl)C(=O)CN(c1cc(Cl)ccc1C)S(C)(=O)=O. The van der Waals surface area contributed by atoms with Crippen molar-refractivity contribution in [3.05, 3.63) is 98.5 Å². The monoisotopic (exact) mass is 637 g/mol. The van der Waals surface area contributed by atoms with Gasteiger partial charge in [0.05, 0.1) is 11.9 Å². The summed E-state index contributed by atoms with van der Waals surface area (Å²) in [4.78, 5) is 29.2. The summed E-state index contributed by atoms with van der Waals surface area (Å²) >= 11 is 19.2. The van der Waals surface area contributed by atoms with Crippen molar-refractivity contribution in [3.63, 3.8) is 0 Å². The molecule has 0 saturated carbocycles. The van der Waals surface area contributed by atoms with Crippen LogP contribution in [0.15, 0.2) is 66.7 Å². The number of sulfonamides is 1. The third-order valence-corrected chi connectivity index (χ3v) is 8.68. The molecule has 2 amide bonds. The van der Waals surface area contributed by atoms with E-state index in [9.17, 15) is 18.0 Å². The topological polar surface area (TPSA) is 86.8 Å². The van der Waals surface area contributed by atoms with E-state index in [2.05, 4.69) is 5.32 Å². The van der Waals surface area contributed by atoms with E-state index in [1.54, 1.807) is 37.3 Å². The van der Waals surface area contributed by atoms with Crippen molar-refractivity contribution >= 4 is 62.3 Å². The molecule has 0 aliphatic heterocycles. The number of aryl methyl sites for hydroxylation is 1. The summed E-state index contributed by atoms with van der Waals surface area (Å²) in [6.45, 7) is 3.51. The fourth-order valence-corrected chi connectivity index (χ4v) is 5.94. The molecular formula is C30H34Cl3N3O4S. The van der Waals surface area contributed by atoms with E-state index in [1.165, 1.54) is 11.0 Å². The van der Waals surface area contributed by atoms with Gasteiger partial charge in [-0.3, -0.25) is 13.9 Å². The molecule has 1 N–H and O–H groups in total. The lowest BCUT2D eigenvalue weighted by atomic mass is 10.0. The summed E-state index contributed by atoms with van der Waals surface area (Å²) in [5.74, 6) is -0.957. The van der Waals surface area contributed by atoms with Gasteiger partial charge in [-0.05, 0) is 48.7 Å². The Kier molecular flexibility index (Phi) is 11.9. The Balaban J connectivity index is 2.11. The van der Waals surface area contributed by atoms with Gasteiger partial charge in [-0.25, -0.2) is 8.42 Å². The number of carbonyl (C=O) groups is 2. The maximum absolute atomic E-state index is 14.2. The van der Waals surface area contributed by atoms with Gasteiger partial charge in [-0.2, -0.15) is 0 Å². The van der Waals surface area contributed by atoms with Gasteiger partial charge in [-0.15, -0.1) is 0 Å². The number of hydrogen-bond donors (Lipinski definition) is 1. The number of rotatable bonds is 13. The summed E-state index contributed by atoms with van der Waals surface area (Å²) in [7, 11) is -3.92. The van der Waals surface area contributed by atoms with Crippen molar-refractivity contribution < 1.29 is 18.0 Å². The minimum absolute atomic E-state index is 0.109. The van der Waals surface area contributed by atoms with Gasteiger partial charge in [0.15, 0.2) is 0 Å². The summed E-state index contributed by atoms with van der Waals surface area (Å²) in [6.07, 6.45) is 2.87. The van der Waals surface area contributed by atoms with E-state index in [4.69, 9.17) is 34.8 Å². The van der Waals surface area contributed by atoms with E-state index in [0.717, 1.165) is 29.0 Å². The minimum Gasteiger partial charge on any atom is -0.354 e. The number of amides is 2. The van der Waals surface area contributed by atoms with Crippen molar-refractivity contribution in [2.24, 2.45) is 0 Å². The average Bonchev–Trinajstić information content (AvgIpc) is 2.92. The highest BCUT2D eigenvalue weighted by atomic mass is 35.5. The van der Waals surface area contributed by atoms with Gasteiger partial charge >= 0.3 is 0 Å². The van der Waals surface area contributed by atoms with Gasteiger partial charge in [0.2, 0.25) is 21.8 Å². The van der Waals surface area contributed by atoms with Gasteiger partial charge in [0, 0.05) is 40.1 Å². The van der Waals surface area contributed by atoms with Gasteiger partial charge < -0.3 is 10.2 Å². The van der Waals surface area contributed by atoms with Crippen molar-refractivity contribution in [3.8, 4) is 0 Å². The standard InChI is InChI=1S/C30H34Cl3N3O4S/c1-4-5-16-34-30(38)28(17-22-10-7-6-8-11-22)35(19-24-25(32)12-9-13-26(24)33)29(37)20-36(41(3,39)40)27-18-23(31)15-14-21(27)2/h6-15,18,28H,4-5,16-17,19-20H2,1-3H3,(H,34,38)/t28-/m0/s1. The van der Waals surface area contributed by atoms with E-state index in [0.29, 0.717) is 32.7 Å². The average molecular weight is 639 g/mol. The first-order valence-corrected chi connectivity index (χ1v) is 16.2. The molecule has 0 aliphatic rings. The zero-order chi connectivity index (χ0) is 30.2. The van der Waals surface area contributed by atoms with Crippen molar-refractivity contribution in [1.82, 2.24) is 10.2 Å². The molecular weight excluding hydrogens is 605 g/mol. The lowest BCUT2D eigenvalue weighted by Crippen LogP contribution is -2.53. The Morgan fingerprint density at radius 1 is 0.951 bits per heavy atom. The molecule has 0 fully saturated rings. The molecule has 7 nitrogen and oxygen atoms in total. The molecule has 0 bridgehead atoms. The number of nitrogens with zero attached hydrogens (tertiary/aromatic N) is 2. The van der Waals surface area contributed by atoms with Crippen molar-refractivity contribution in [1.29, 1.82) is 0 Å². The van der Waals surface area contributed by atoms with E-state index < -0.39 is 28.5 Å². The van der Waals surface area contributed by atoms with Crippen LogP contribution in [0.5, 0.6) is 0 Å². The number of anilines is 1. The summed E-state index contributed by atoms with van der Waals surface area (Å²) < 4.78 is 27.0. The second-order valence-electron chi connectivity index (χ2n) is 9.77. The number of halogens is 3. The van der Waals surface area contributed by atoms with E-state index >= 15 is 0 Å². The zero-order valence-electron chi connectivity index (χ0n) is 23.2. The van der Waals surface area contributed by atoms with Crippen LogP contribution in [0.3, 0.4) is 0 Å². The van der Waals surface area contributed by atoms with Crippen LogP contribution in [0.4, 0.5) is 5.69 Å². The number of carbonyl (C=O) groups excluding carboxylic acids is 2. The summed E-state index contributed by atoms with van der Waals surface area (Å²) in [5, 5.41) is 3.91. The van der Waals surface area contributed by atoms with E-state index in [1.807, 2.05) is 37.3 Å². The minimum atomic E-state index is -3.92. The molecule has 0 aromatic heterocycles. The number of nitrogens with one attached hydrogen (secondary N) is 1. The molecule has 0 aliphatic carbocycles.